The fourth-order valence-corrected chi connectivity index (χ4v) is 3.44. The Balaban J connectivity index is 1.46. The van der Waals surface area contributed by atoms with Gasteiger partial charge in [-0.25, -0.2) is 9.67 Å². The van der Waals surface area contributed by atoms with Gasteiger partial charge in [-0.2, -0.15) is 10.1 Å². The summed E-state index contributed by atoms with van der Waals surface area (Å²) in [7, 11) is 0. The molecule has 0 spiro atoms. The van der Waals surface area contributed by atoms with Gasteiger partial charge in [0, 0.05) is 10.6 Å². The lowest BCUT2D eigenvalue weighted by molar-refractivity contribution is 0.102. The molecule has 0 aliphatic rings. The largest absolute Gasteiger partial charge is 0.338 e. The van der Waals surface area contributed by atoms with Crippen molar-refractivity contribution in [3.8, 4) is 5.69 Å². The highest BCUT2D eigenvalue weighted by Crippen LogP contribution is 2.26. The summed E-state index contributed by atoms with van der Waals surface area (Å²) in [5.74, 6) is 1.44. The molecule has 28 heavy (non-hydrogen) atoms. The van der Waals surface area contributed by atoms with Crippen molar-refractivity contribution in [3.05, 3.63) is 78.5 Å². The van der Waals surface area contributed by atoms with Crippen LogP contribution < -0.4 is 5.32 Å². The van der Waals surface area contributed by atoms with E-state index in [1.54, 1.807) is 24.0 Å². The number of rotatable bonds is 6. The number of aryl methyl sites for hydroxylation is 1. The van der Waals surface area contributed by atoms with Crippen molar-refractivity contribution in [1.29, 1.82) is 0 Å². The Hall–Kier alpha value is -3.46. The molecule has 0 aliphatic heterocycles. The van der Waals surface area contributed by atoms with Crippen LogP contribution in [-0.4, -0.2) is 30.8 Å². The molecule has 0 bridgehead atoms. The van der Waals surface area contributed by atoms with Crippen molar-refractivity contribution >= 4 is 23.4 Å². The first kappa shape index (κ1) is 17.9. The zero-order valence-corrected chi connectivity index (χ0v) is 15.8. The van der Waals surface area contributed by atoms with Crippen LogP contribution in [0.15, 0.2) is 70.6 Å². The zero-order valence-electron chi connectivity index (χ0n) is 14.9. The lowest BCUT2D eigenvalue weighted by Gasteiger charge is -2.10. The summed E-state index contributed by atoms with van der Waals surface area (Å²) >= 11 is 1.48. The molecule has 0 saturated heterocycles. The molecular weight excluding hydrogens is 376 g/mol. The summed E-state index contributed by atoms with van der Waals surface area (Å²) in [6.07, 6.45) is 3.09. The fourth-order valence-electron chi connectivity index (χ4n) is 2.56. The van der Waals surface area contributed by atoms with Crippen LogP contribution in [0.3, 0.4) is 0 Å². The fraction of sp³-hybridized carbons (Fsp3) is 0.105. The third-order valence-corrected chi connectivity index (χ3v) is 4.92. The number of hydrogen-bond acceptors (Lipinski definition) is 7. The van der Waals surface area contributed by atoms with Gasteiger partial charge in [-0.05, 0) is 43.3 Å². The number of benzene rings is 2. The number of carbonyl (C=O) groups is 1. The van der Waals surface area contributed by atoms with Gasteiger partial charge in [0.15, 0.2) is 5.82 Å². The Morgan fingerprint density at radius 2 is 2.00 bits per heavy atom. The molecule has 0 unspecified atom stereocenters. The molecule has 0 fully saturated rings. The van der Waals surface area contributed by atoms with Crippen LogP contribution in [0, 0.1) is 6.92 Å². The van der Waals surface area contributed by atoms with Crippen molar-refractivity contribution < 1.29 is 9.32 Å². The van der Waals surface area contributed by atoms with E-state index in [0.717, 1.165) is 10.6 Å². The van der Waals surface area contributed by atoms with Crippen molar-refractivity contribution in [2.24, 2.45) is 0 Å². The average Bonchev–Trinajstić information content (AvgIpc) is 3.39. The van der Waals surface area contributed by atoms with Crippen LogP contribution in [0.1, 0.15) is 22.1 Å². The number of carbonyl (C=O) groups excluding carboxylic acids is 1. The molecule has 1 amide bonds. The molecule has 2 heterocycles. The van der Waals surface area contributed by atoms with Crippen molar-refractivity contribution in [2.75, 3.05) is 5.32 Å². The molecule has 0 radical (unpaired) electrons. The van der Waals surface area contributed by atoms with E-state index < -0.39 is 0 Å². The Morgan fingerprint density at radius 1 is 1.18 bits per heavy atom. The number of thioether (sulfide) groups is 1. The van der Waals surface area contributed by atoms with E-state index in [1.807, 2.05) is 42.5 Å². The molecule has 4 aromatic rings. The van der Waals surface area contributed by atoms with E-state index in [1.165, 1.54) is 18.1 Å². The van der Waals surface area contributed by atoms with E-state index in [-0.39, 0.29) is 5.91 Å². The van der Waals surface area contributed by atoms with Gasteiger partial charge >= 0.3 is 0 Å². The summed E-state index contributed by atoms with van der Waals surface area (Å²) in [5.41, 5.74) is 2.14. The molecule has 140 valence electrons. The highest BCUT2D eigenvalue weighted by Gasteiger charge is 2.13. The summed E-state index contributed by atoms with van der Waals surface area (Å²) in [5, 5.41) is 10.8. The van der Waals surface area contributed by atoms with Gasteiger partial charge < -0.3 is 9.84 Å². The van der Waals surface area contributed by atoms with E-state index in [2.05, 4.69) is 25.5 Å². The summed E-state index contributed by atoms with van der Waals surface area (Å²) in [6.45, 7) is 1.77. The Morgan fingerprint density at radius 3 is 2.71 bits per heavy atom. The standard InChI is InChI=1S/C19H16N6O2S/c1-13-22-18(27-24-13)10-28-17-5-3-2-4-16(17)19(26)23-14-6-8-15(9-7-14)25-12-20-11-21-25/h2-9,11-12H,10H2,1H3,(H,23,26). The molecule has 2 aromatic heterocycles. The van der Waals surface area contributed by atoms with Crippen molar-refractivity contribution in [2.45, 2.75) is 17.6 Å². The molecule has 0 aliphatic carbocycles. The van der Waals surface area contributed by atoms with Gasteiger partial charge in [-0.15, -0.1) is 11.8 Å². The third-order valence-electron chi connectivity index (χ3n) is 3.86. The number of amides is 1. The van der Waals surface area contributed by atoms with Gasteiger partial charge in [0.05, 0.1) is 17.0 Å². The second kappa shape index (κ2) is 8.05. The van der Waals surface area contributed by atoms with E-state index in [4.69, 9.17) is 4.52 Å². The smallest absolute Gasteiger partial charge is 0.256 e. The van der Waals surface area contributed by atoms with Crippen LogP contribution >= 0.6 is 11.8 Å². The lowest BCUT2D eigenvalue weighted by Crippen LogP contribution is -2.13. The summed E-state index contributed by atoms with van der Waals surface area (Å²) in [6, 6.07) is 14.8. The second-order valence-corrected chi connectivity index (χ2v) is 6.88. The maximum absolute atomic E-state index is 12.8. The third kappa shape index (κ3) is 4.09. The minimum atomic E-state index is -0.182. The van der Waals surface area contributed by atoms with Crippen molar-refractivity contribution in [3.63, 3.8) is 0 Å². The lowest BCUT2D eigenvalue weighted by atomic mass is 10.2. The number of nitrogens with zero attached hydrogens (tertiary/aromatic N) is 5. The topological polar surface area (TPSA) is 98.7 Å². The van der Waals surface area contributed by atoms with Gasteiger partial charge in [-0.3, -0.25) is 4.79 Å². The Labute approximate surface area is 165 Å². The van der Waals surface area contributed by atoms with Crippen LogP contribution in [-0.2, 0) is 5.75 Å². The summed E-state index contributed by atoms with van der Waals surface area (Å²) in [4.78, 5) is 21.7. The maximum atomic E-state index is 12.8. The molecule has 9 heteroatoms. The molecule has 1 N–H and O–H groups in total. The molecule has 2 aromatic carbocycles. The van der Waals surface area contributed by atoms with Crippen LogP contribution in [0.25, 0.3) is 5.69 Å². The predicted molar refractivity (Wildman–Crippen MR) is 104 cm³/mol. The zero-order chi connectivity index (χ0) is 19.3. The van der Waals surface area contributed by atoms with E-state index in [9.17, 15) is 4.79 Å². The first-order chi connectivity index (χ1) is 13.7. The highest BCUT2D eigenvalue weighted by atomic mass is 32.2. The van der Waals surface area contributed by atoms with Gasteiger partial charge in [0.1, 0.15) is 12.7 Å². The molecule has 8 nitrogen and oxygen atoms in total. The normalized spacial score (nSPS) is 10.8. The molecule has 0 atom stereocenters. The predicted octanol–water partition coefficient (Wildman–Crippen LogP) is 3.50. The van der Waals surface area contributed by atoms with E-state index in [0.29, 0.717) is 28.7 Å². The first-order valence-corrected chi connectivity index (χ1v) is 9.45. The quantitative estimate of drug-likeness (QED) is 0.501. The molecular formula is C19H16N6O2S. The SMILES string of the molecule is Cc1noc(CSc2ccccc2C(=O)Nc2ccc(-n3cncn3)cc2)n1. The van der Waals surface area contributed by atoms with Crippen molar-refractivity contribution in [1.82, 2.24) is 24.9 Å². The monoisotopic (exact) mass is 392 g/mol. The second-order valence-electron chi connectivity index (χ2n) is 5.86. The van der Waals surface area contributed by atoms with Gasteiger partial charge in [-0.1, -0.05) is 17.3 Å². The molecule has 4 rings (SSSR count). The summed E-state index contributed by atoms with van der Waals surface area (Å²) < 4.78 is 6.78. The Kier molecular flexibility index (Phi) is 5.16. The number of anilines is 1. The molecule has 0 saturated carbocycles. The van der Waals surface area contributed by atoms with Crippen LogP contribution in [0.4, 0.5) is 5.69 Å². The Bertz CT molecular complexity index is 1080. The van der Waals surface area contributed by atoms with Gasteiger partial charge in [0.25, 0.3) is 5.91 Å². The maximum Gasteiger partial charge on any atom is 0.256 e. The number of hydrogen-bond donors (Lipinski definition) is 1. The number of aromatic nitrogens is 5. The minimum absolute atomic E-state index is 0.182. The highest BCUT2D eigenvalue weighted by molar-refractivity contribution is 7.98. The van der Waals surface area contributed by atoms with Crippen LogP contribution in [0.2, 0.25) is 0 Å². The van der Waals surface area contributed by atoms with Gasteiger partial charge in [0.2, 0.25) is 5.89 Å². The minimum Gasteiger partial charge on any atom is -0.338 e. The first-order valence-electron chi connectivity index (χ1n) is 8.46. The van der Waals surface area contributed by atoms with Crippen LogP contribution in [0.5, 0.6) is 0 Å². The number of nitrogens with one attached hydrogen (secondary N) is 1. The van der Waals surface area contributed by atoms with E-state index >= 15 is 0 Å². The average molecular weight is 392 g/mol.